The Bertz CT molecular complexity index is 977. The summed E-state index contributed by atoms with van der Waals surface area (Å²) in [5.41, 5.74) is 5.49. The van der Waals surface area contributed by atoms with Crippen molar-refractivity contribution in [2.24, 2.45) is 5.92 Å². The Morgan fingerprint density at radius 3 is 2.72 bits per heavy atom. The monoisotopic (exact) mass is 394 g/mol. The highest BCUT2D eigenvalue weighted by Crippen LogP contribution is 2.21. The molecule has 1 saturated heterocycles. The average molecular weight is 394 g/mol. The van der Waals surface area contributed by atoms with Crippen LogP contribution in [0.4, 0.5) is 5.95 Å². The van der Waals surface area contributed by atoms with E-state index >= 15 is 0 Å². The number of hydrogen-bond donors (Lipinski definition) is 4. The molecule has 0 radical (unpaired) electrons. The molecule has 2 aromatic heterocycles. The van der Waals surface area contributed by atoms with Crippen LogP contribution in [0.2, 0.25) is 0 Å². The molecule has 4 rings (SSSR count). The third-order valence-corrected chi connectivity index (χ3v) is 5.48. The largest absolute Gasteiger partial charge is 0.357 e. The van der Waals surface area contributed by atoms with Gasteiger partial charge in [0.15, 0.2) is 0 Å². The second-order valence-electron chi connectivity index (χ2n) is 7.66. The van der Waals surface area contributed by atoms with E-state index in [4.69, 9.17) is 5.21 Å². The molecule has 152 valence electrons. The lowest BCUT2D eigenvalue weighted by molar-refractivity contribution is 0.0705. The van der Waals surface area contributed by atoms with Crippen molar-refractivity contribution in [2.45, 2.75) is 26.3 Å². The van der Waals surface area contributed by atoms with Crippen LogP contribution in [0, 0.1) is 12.8 Å². The van der Waals surface area contributed by atoms with Crippen LogP contribution in [0.3, 0.4) is 0 Å². The molecule has 0 unspecified atom stereocenters. The van der Waals surface area contributed by atoms with Crippen LogP contribution in [0.1, 0.15) is 34.5 Å². The van der Waals surface area contributed by atoms with Crippen LogP contribution in [0.15, 0.2) is 36.7 Å². The van der Waals surface area contributed by atoms with Gasteiger partial charge in [-0.2, -0.15) is 0 Å². The van der Waals surface area contributed by atoms with Gasteiger partial charge in [0.2, 0.25) is 5.95 Å². The van der Waals surface area contributed by atoms with Gasteiger partial charge in [0.1, 0.15) is 0 Å². The highest BCUT2D eigenvalue weighted by Gasteiger charge is 2.21. The van der Waals surface area contributed by atoms with E-state index in [0.717, 1.165) is 39.0 Å². The van der Waals surface area contributed by atoms with Gasteiger partial charge in [-0.1, -0.05) is 11.6 Å². The highest BCUT2D eigenvalue weighted by molar-refractivity contribution is 5.92. The van der Waals surface area contributed by atoms with Crippen molar-refractivity contribution in [2.75, 3.05) is 24.5 Å². The Morgan fingerprint density at radius 1 is 1.24 bits per heavy atom. The summed E-state index contributed by atoms with van der Waals surface area (Å²) >= 11 is 0. The number of carbonyl (C=O) groups excluding carboxylic acids is 1. The zero-order chi connectivity index (χ0) is 20.2. The quantitative estimate of drug-likeness (QED) is 0.378. The van der Waals surface area contributed by atoms with Crippen molar-refractivity contribution in [1.29, 1.82) is 0 Å². The fourth-order valence-electron chi connectivity index (χ4n) is 3.82. The number of fused-ring (bicyclic) bond motifs is 1. The number of rotatable bonds is 6. The maximum Gasteiger partial charge on any atom is 0.277 e. The van der Waals surface area contributed by atoms with Gasteiger partial charge < -0.3 is 15.2 Å². The number of piperidine rings is 1. The summed E-state index contributed by atoms with van der Waals surface area (Å²) in [4.78, 5) is 25.5. The second kappa shape index (κ2) is 8.59. The lowest BCUT2D eigenvalue weighted by Crippen LogP contribution is -2.38. The first-order valence-corrected chi connectivity index (χ1v) is 9.93. The van der Waals surface area contributed by atoms with Gasteiger partial charge in [-0.3, -0.25) is 10.0 Å². The van der Waals surface area contributed by atoms with Crippen LogP contribution in [-0.2, 0) is 6.54 Å². The SMILES string of the molecule is Cc1ccc2[nH]c(CNCC3CCN(c4ncc(C(=O)NO)cn4)CC3)cc2c1. The summed E-state index contributed by atoms with van der Waals surface area (Å²) in [6.45, 7) is 5.72. The first kappa shape index (κ1) is 19.4. The van der Waals surface area contributed by atoms with Crippen molar-refractivity contribution >= 4 is 22.8 Å². The molecule has 3 aromatic rings. The minimum atomic E-state index is -0.605. The molecule has 0 saturated carbocycles. The molecule has 1 aliphatic heterocycles. The van der Waals surface area contributed by atoms with Crippen LogP contribution in [0.5, 0.6) is 0 Å². The highest BCUT2D eigenvalue weighted by atomic mass is 16.5. The van der Waals surface area contributed by atoms with E-state index in [1.165, 1.54) is 34.6 Å². The summed E-state index contributed by atoms with van der Waals surface area (Å²) in [5, 5.41) is 13.5. The smallest absolute Gasteiger partial charge is 0.277 e. The van der Waals surface area contributed by atoms with Crippen LogP contribution in [0.25, 0.3) is 10.9 Å². The third-order valence-electron chi connectivity index (χ3n) is 5.48. The Morgan fingerprint density at radius 2 is 2.00 bits per heavy atom. The number of H-pyrrole nitrogens is 1. The van der Waals surface area contributed by atoms with Crippen molar-refractivity contribution in [3.8, 4) is 0 Å². The number of aryl methyl sites for hydroxylation is 1. The molecule has 8 nitrogen and oxygen atoms in total. The standard InChI is InChI=1S/C21H26N6O2/c1-14-2-3-19-16(8-14)9-18(25-19)13-22-10-15-4-6-27(7-5-15)21-23-11-17(12-24-21)20(28)26-29/h2-3,8-9,11-12,15,22,25,29H,4-7,10,13H2,1H3,(H,26,28). The molecule has 1 aromatic carbocycles. The Kier molecular flexibility index (Phi) is 5.73. The maximum absolute atomic E-state index is 11.3. The van der Waals surface area contributed by atoms with Gasteiger partial charge in [0, 0.05) is 43.2 Å². The normalized spacial score (nSPS) is 15.0. The van der Waals surface area contributed by atoms with Crippen molar-refractivity contribution in [1.82, 2.24) is 25.7 Å². The molecule has 1 amide bonds. The summed E-state index contributed by atoms with van der Waals surface area (Å²) in [6, 6.07) is 8.68. The topological polar surface area (TPSA) is 106 Å². The molecule has 0 bridgehead atoms. The summed E-state index contributed by atoms with van der Waals surface area (Å²) in [5.74, 6) is 0.642. The van der Waals surface area contributed by atoms with E-state index in [1.54, 1.807) is 5.48 Å². The zero-order valence-corrected chi connectivity index (χ0v) is 16.5. The number of carbonyl (C=O) groups is 1. The Balaban J connectivity index is 1.24. The Labute approximate surface area is 169 Å². The summed E-state index contributed by atoms with van der Waals surface area (Å²) in [6.07, 6.45) is 5.01. The van der Waals surface area contributed by atoms with Crippen molar-refractivity contribution < 1.29 is 10.0 Å². The number of hydrogen-bond acceptors (Lipinski definition) is 6. The number of nitrogens with one attached hydrogen (secondary N) is 3. The lowest BCUT2D eigenvalue weighted by Gasteiger charge is -2.32. The molecule has 4 N–H and O–H groups in total. The van der Waals surface area contributed by atoms with Crippen LogP contribution >= 0.6 is 0 Å². The lowest BCUT2D eigenvalue weighted by atomic mass is 9.97. The minimum Gasteiger partial charge on any atom is -0.357 e. The maximum atomic E-state index is 11.3. The fraction of sp³-hybridized carbons (Fsp3) is 0.381. The molecular formula is C21H26N6O2. The first-order chi connectivity index (χ1) is 14.1. The van der Waals surface area contributed by atoms with E-state index in [1.807, 2.05) is 0 Å². The van der Waals surface area contributed by atoms with Gasteiger partial charge in [-0.25, -0.2) is 15.4 Å². The number of anilines is 1. The molecule has 0 aliphatic carbocycles. The Hall–Kier alpha value is -2.97. The minimum absolute atomic E-state index is 0.238. The number of aromatic amines is 1. The predicted molar refractivity (Wildman–Crippen MR) is 111 cm³/mol. The molecule has 3 heterocycles. The number of benzene rings is 1. The van der Waals surface area contributed by atoms with E-state index in [9.17, 15) is 4.79 Å². The molecule has 29 heavy (non-hydrogen) atoms. The van der Waals surface area contributed by atoms with E-state index in [2.05, 4.69) is 56.4 Å². The molecular weight excluding hydrogens is 368 g/mol. The fourth-order valence-corrected chi connectivity index (χ4v) is 3.82. The van der Waals surface area contributed by atoms with E-state index in [-0.39, 0.29) is 5.56 Å². The van der Waals surface area contributed by atoms with Crippen LogP contribution in [-0.4, -0.2) is 45.7 Å². The van der Waals surface area contributed by atoms with Crippen LogP contribution < -0.4 is 15.7 Å². The number of nitrogens with zero attached hydrogens (tertiary/aromatic N) is 3. The third kappa shape index (κ3) is 4.55. The van der Waals surface area contributed by atoms with E-state index in [0.29, 0.717) is 11.9 Å². The summed E-state index contributed by atoms with van der Waals surface area (Å²) in [7, 11) is 0. The first-order valence-electron chi connectivity index (χ1n) is 9.93. The molecule has 0 atom stereocenters. The van der Waals surface area contributed by atoms with E-state index < -0.39 is 5.91 Å². The van der Waals surface area contributed by atoms with Crippen molar-refractivity contribution in [3.05, 3.63) is 53.5 Å². The summed E-state index contributed by atoms with van der Waals surface area (Å²) < 4.78 is 0. The van der Waals surface area contributed by atoms with Gasteiger partial charge in [-0.15, -0.1) is 0 Å². The number of hydroxylamine groups is 1. The molecule has 1 fully saturated rings. The van der Waals surface area contributed by atoms with Gasteiger partial charge >= 0.3 is 0 Å². The predicted octanol–water partition coefficient (Wildman–Crippen LogP) is 2.39. The number of aromatic nitrogens is 3. The van der Waals surface area contributed by atoms with Gasteiger partial charge in [0.05, 0.1) is 5.56 Å². The zero-order valence-electron chi connectivity index (χ0n) is 16.5. The van der Waals surface area contributed by atoms with Gasteiger partial charge in [-0.05, 0) is 55.8 Å². The average Bonchev–Trinajstić information content (AvgIpc) is 3.15. The van der Waals surface area contributed by atoms with Crippen molar-refractivity contribution in [3.63, 3.8) is 0 Å². The molecule has 8 heteroatoms. The molecule has 0 spiro atoms. The second-order valence-corrected chi connectivity index (χ2v) is 7.66. The number of amides is 1. The van der Waals surface area contributed by atoms with Gasteiger partial charge in [0.25, 0.3) is 5.91 Å². The molecule has 1 aliphatic rings.